The van der Waals surface area contributed by atoms with Crippen molar-refractivity contribution >= 4 is 39.5 Å². The molecule has 0 spiro atoms. The van der Waals surface area contributed by atoms with Crippen LogP contribution in [0.25, 0.3) is 11.0 Å². The first-order valence-corrected chi connectivity index (χ1v) is 12.8. The number of aromatic nitrogens is 2. The van der Waals surface area contributed by atoms with E-state index in [1.54, 1.807) is 6.07 Å². The molecular formula is C24H26F2N6O3S. The van der Waals surface area contributed by atoms with Crippen LogP contribution in [0.1, 0.15) is 18.9 Å². The number of benzene rings is 2. The zero-order chi connectivity index (χ0) is 25.5. The highest BCUT2D eigenvalue weighted by molar-refractivity contribution is 7.92. The molecule has 190 valence electrons. The van der Waals surface area contributed by atoms with Gasteiger partial charge in [-0.3, -0.25) is 4.90 Å². The lowest BCUT2D eigenvalue weighted by atomic mass is 10.1. The van der Waals surface area contributed by atoms with Crippen molar-refractivity contribution < 1.29 is 22.8 Å². The van der Waals surface area contributed by atoms with E-state index in [1.165, 1.54) is 18.3 Å². The Morgan fingerprint density at radius 3 is 2.75 bits per heavy atom. The SMILES string of the molecule is CCC[S+]([O-])Nc1ccc(F)c(Nc2ccc3ncc(OCCN4CCOCC4)nc3c2C#N)c1F. The summed E-state index contributed by atoms with van der Waals surface area (Å²) in [5, 5.41) is 12.5. The number of hydrogen-bond donors (Lipinski definition) is 2. The summed E-state index contributed by atoms with van der Waals surface area (Å²) in [6.07, 6.45) is 2.11. The van der Waals surface area contributed by atoms with E-state index in [9.17, 15) is 14.2 Å². The Kier molecular flexibility index (Phi) is 8.71. The number of nitrogens with zero attached hydrogens (tertiary/aromatic N) is 4. The van der Waals surface area contributed by atoms with Crippen LogP contribution in [0, 0.1) is 23.0 Å². The molecule has 0 amide bonds. The molecule has 1 aliphatic rings. The summed E-state index contributed by atoms with van der Waals surface area (Å²) in [4.78, 5) is 10.9. The minimum atomic E-state index is -1.51. The molecule has 0 aliphatic carbocycles. The molecule has 0 bridgehead atoms. The number of anilines is 3. The summed E-state index contributed by atoms with van der Waals surface area (Å²) in [5.74, 6) is -1.26. The highest BCUT2D eigenvalue weighted by atomic mass is 32.2. The minimum absolute atomic E-state index is 0.0605. The molecule has 1 fully saturated rings. The van der Waals surface area contributed by atoms with E-state index in [0.717, 1.165) is 19.2 Å². The third-order valence-corrected chi connectivity index (χ3v) is 6.76. The molecule has 2 N–H and O–H groups in total. The second kappa shape index (κ2) is 12.1. The van der Waals surface area contributed by atoms with E-state index < -0.39 is 28.7 Å². The summed E-state index contributed by atoms with van der Waals surface area (Å²) in [6, 6.07) is 7.38. The zero-order valence-electron chi connectivity index (χ0n) is 19.7. The number of hydrogen-bond acceptors (Lipinski definition) is 9. The van der Waals surface area contributed by atoms with Crippen molar-refractivity contribution in [1.29, 1.82) is 5.26 Å². The lowest BCUT2D eigenvalue weighted by Gasteiger charge is -2.26. The molecule has 4 rings (SSSR count). The van der Waals surface area contributed by atoms with Gasteiger partial charge in [0.15, 0.2) is 5.82 Å². The van der Waals surface area contributed by atoms with Gasteiger partial charge in [-0.1, -0.05) is 6.92 Å². The topological polar surface area (TPSA) is 118 Å². The van der Waals surface area contributed by atoms with Gasteiger partial charge in [0.05, 0.1) is 42.0 Å². The fourth-order valence-electron chi connectivity index (χ4n) is 3.69. The molecule has 1 unspecified atom stereocenters. The van der Waals surface area contributed by atoms with E-state index in [-0.39, 0.29) is 28.3 Å². The first kappa shape index (κ1) is 25.8. The van der Waals surface area contributed by atoms with Crippen molar-refractivity contribution in [3.05, 3.63) is 47.7 Å². The predicted molar refractivity (Wildman–Crippen MR) is 134 cm³/mol. The number of fused-ring (bicyclic) bond motifs is 1. The van der Waals surface area contributed by atoms with Crippen molar-refractivity contribution in [3.8, 4) is 11.9 Å². The summed E-state index contributed by atoms with van der Waals surface area (Å²) < 4.78 is 55.3. The van der Waals surface area contributed by atoms with Gasteiger partial charge >= 0.3 is 0 Å². The Bertz CT molecular complexity index is 1250. The van der Waals surface area contributed by atoms with Crippen LogP contribution in [0.5, 0.6) is 5.88 Å². The van der Waals surface area contributed by atoms with Crippen LogP contribution >= 0.6 is 0 Å². The second-order valence-electron chi connectivity index (χ2n) is 8.04. The standard InChI is InChI=1S/C24H26F2N6O3S/c1-2-13-36(33)31-19-4-3-17(25)24(22(19)26)29-18-5-6-20-23(16(18)14-27)30-21(15-28-20)35-12-9-32-7-10-34-11-8-32/h3-6,15,29,31H,2,7-13H2,1H3. The summed E-state index contributed by atoms with van der Waals surface area (Å²) in [5.41, 5.74) is 0.296. The fourth-order valence-corrected chi connectivity index (χ4v) is 4.57. The smallest absolute Gasteiger partial charge is 0.232 e. The number of morpholine rings is 1. The van der Waals surface area contributed by atoms with Crippen LogP contribution in [0.15, 0.2) is 30.5 Å². The molecule has 36 heavy (non-hydrogen) atoms. The van der Waals surface area contributed by atoms with Crippen molar-refractivity contribution in [2.45, 2.75) is 13.3 Å². The molecule has 2 aromatic carbocycles. The lowest BCUT2D eigenvalue weighted by Crippen LogP contribution is -2.38. The molecule has 9 nitrogen and oxygen atoms in total. The van der Waals surface area contributed by atoms with Crippen molar-refractivity contribution in [3.63, 3.8) is 0 Å². The molecule has 0 saturated carbocycles. The second-order valence-corrected chi connectivity index (χ2v) is 9.34. The maximum absolute atomic E-state index is 15.1. The van der Waals surface area contributed by atoms with Gasteiger partial charge in [0.2, 0.25) is 5.88 Å². The van der Waals surface area contributed by atoms with Crippen molar-refractivity contribution in [2.75, 3.05) is 55.2 Å². The summed E-state index contributed by atoms with van der Waals surface area (Å²) in [7, 11) is 0. The molecule has 1 atom stereocenters. The van der Waals surface area contributed by atoms with E-state index in [1.807, 2.05) is 13.0 Å². The fraction of sp³-hybridized carbons (Fsp3) is 0.375. The van der Waals surface area contributed by atoms with Gasteiger partial charge in [-0.2, -0.15) is 5.26 Å². The van der Waals surface area contributed by atoms with Crippen LogP contribution in [0.4, 0.5) is 25.8 Å². The largest absolute Gasteiger partial charge is 0.593 e. The Morgan fingerprint density at radius 2 is 2.00 bits per heavy atom. The molecule has 0 radical (unpaired) electrons. The molecular weight excluding hydrogens is 490 g/mol. The Balaban J connectivity index is 1.56. The highest BCUT2D eigenvalue weighted by Crippen LogP contribution is 2.32. The van der Waals surface area contributed by atoms with Gasteiger partial charge in [0.1, 0.15) is 46.7 Å². The van der Waals surface area contributed by atoms with Gasteiger partial charge in [-0.25, -0.2) is 23.5 Å². The summed E-state index contributed by atoms with van der Waals surface area (Å²) in [6.45, 7) is 5.97. The molecule has 2 heterocycles. The quantitative estimate of drug-likeness (QED) is 0.389. The highest BCUT2D eigenvalue weighted by Gasteiger charge is 2.20. The molecule has 1 aromatic heterocycles. The monoisotopic (exact) mass is 516 g/mol. The van der Waals surface area contributed by atoms with E-state index in [4.69, 9.17) is 9.47 Å². The third-order valence-electron chi connectivity index (χ3n) is 5.53. The molecule has 1 saturated heterocycles. The number of rotatable bonds is 10. The predicted octanol–water partition coefficient (Wildman–Crippen LogP) is 3.72. The van der Waals surface area contributed by atoms with E-state index >= 15 is 4.39 Å². The summed E-state index contributed by atoms with van der Waals surface area (Å²) >= 11 is -1.51. The molecule has 1 aliphatic heterocycles. The first-order chi connectivity index (χ1) is 17.5. The number of nitriles is 1. The first-order valence-electron chi connectivity index (χ1n) is 11.5. The Morgan fingerprint density at radius 1 is 1.22 bits per heavy atom. The third kappa shape index (κ3) is 6.11. The number of nitrogens with one attached hydrogen (secondary N) is 2. The van der Waals surface area contributed by atoms with Crippen molar-refractivity contribution in [2.24, 2.45) is 0 Å². The van der Waals surface area contributed by atoms with Gasteiger partial charge < -0.3 is 19.3 Å². The number of ether oxygens (including phenoxy) is 2. The number of halogens is 2. The van der Waals surface area contributed by atoms with E-state index in [0.29, 0.717) is 44.1 Å². The molecule has 3 aromatic rings. The normalized spacial score (nSPS) is 14.9. The maximum atomic E-state index is 15.1. The lowest BCUT2D eigenvalue weighted by molar-refractivity contribution is 0.0320. The van der Waals surface area contributed by atoms with Gasteiger partial charge in [-0.15, -0.1) is 0 Å². The van der Waals surface area contributed by atoms with Gasteiger partial charge in [0, 0.05) is 19.6 Å². The van der Waals surface area contributed by atoms with E-state index in [2.05, 4.69) is 24.9 Å². The Hall–Kier alpha value is -3.24. The van der Waals surface area contributed by atoms with Gasteiger partial charge in [0.25, 0.3) is 0 Å². The average Bonchev–Trinajstić information content (AvgIpc) is 2.88. The minimum Gasteiger partial charge on any atom is -0.593 e. The Labute approximate surface area is 210 Å². The van der Waals surface area contributed by atoms with Crippen LogP contribution in [0.3, 0.4) is 0 Å². The molecule has 12 heteroatoms. The maximum Gasteiger partial charge on any atom is 0.232 e. The van der Waals surface area contributed by atoms with Crippen molar-refractivity contribution in [1.82, 2.24) is 14.9 Å². The van der Waals surface area contributed by atoms with Crippen LogP contribution in [0.2, 0.25) is 0 Å². The van der Waals surface area contributed by atoms with Crippen LogP contribution in [-0.4, -0.2) is 64.6 Å². The average molecular weight is 517 g/mol. The van der Waals surface area contributed by atoms with Crippen LogP contribution in [-0.2, 0) is 16.1 Å². The zero-order valence-corrected chi connectivity index (χ0v) is 20.5. The van der Waals surface area contributed by atoms with Crippen LogP contribution < -0.4 is 14.8 Å². The van der Waals surface area contributed by atoms with Gasteiger partial charge in [-0.05, 0) is 30.7 Å².